The van der Waals surface area contributed by atoms with E-state index in [1.165, 1.54) is 12.1 Å². The molecule has 0 fully saturated rings. The molecule has 0 amide bonds. The minimum Gasteiger partial charge on any atom is -0.239 e. The molecule has 132 valence electrons. The van der Waals surface area contributed by atoms with Crippen molar-refractivity contribution < 1.29 is 4.39 Å². The highest BCUT2D eigenvalue weighted by molar-refractivity contribution is 14.1. The van der Waals surface area contributed by atoms with Crippen LogP contribution in [-0.4, -0.2) is 30.0 Å². The van der Waals surface area contributed by atoms with Crippen LogP contribution in [0.4, 0.5) is 4.39 Å². The summed E-state index contributed by atoms with van der Waals surface area (Å²) in [5, 5.41) is 25.4. The normalized spacial score (nSPS) is 10.7. The Balaban J connectivity index is 1.66. The van der Waals surface area contributed by atoms with E-state index < -0.39 is 0 Å². The number of hydrogen-bond donors (Lipinski definition) is 0. The van der Waals surface area contributed by atoms with Crippen molar-refractivity contribution in [1.82, 2.24) is 30.0 Å². The lowest BCUT2D eigenvalue weighted by molar-refractivity contribution is 0.627. The Morgan fingerprint density at radius 2 is 1.81 bits per heavy atom. The third-order valence-electron chi connectivity index (χ3n) is 3.95. The van der Waals surface area contributed by atoms with Gasteiger partial charge < -0.3 is 0 Å². The number of halogens is 2. The van der Waals surface area contributed by atoms with Gasteiger partial charge in [-0.05, 0) is 75.0 Å². The molecule has 9 heteroatoms. The van der Waals surface area contributed by atoms with Crippen molar-refractivity contribution in [3.8, 4) is 23.1 Å². The number of benzene rings is 2. The van der Waals surface area contributed by atoms with Crippen molar-refractivity contribution >= 4 is 22.6 Å². The van der Waals surface area contributed by atoms with Crippen LogP contribution in [0.1, 0.15) is 11.1 Å². The maximum atomic E-state index is 13.1. The van der Waals surface area contributed by atoms with Crippen LogP contribution in [0.3, 0.4) is 0 Å². The van der Waals surface area contributed by atoms with Crippen LogP contribution in [0.2, 0.25) is 0 Å². The molecule has 0 spiro atoms. The number of nitrogens with zero attached hydrogens (tertiary/aromatic N) is 7. The van der Waals surface area contributed by atoms with Crippen LogP contribution < -0.4 is 0 Å². The Bertz CT molecular complexity index is 1120. The average molecular weight is 471 g/mol. The van der Waals surface area contributed by atoms with Crippen LogP contribution in [0.25, 0.3) is 17.1 Å². The molecule has 0 aliphatic rings. The fraction of sp³-hybridized carbons (Fsp3) is 0.0556. The number of aromatic nitrogens is 6. The molecule has 27 heavy (non-hydrogen) atoms. The summed E-state index contributed by atoms with van der Waals surface area (Å²) in [6.45, 7) is 0.464. The summed E-state index contributed by atoms with van der Waals surface area (Å²) < 4.78 is 17.2. The molecule has 2 aromatic carbocycles. The highest BCUT2D eigenvalue weighted by Gasteiger charge is 2.17. The second-order valence-corrected chi connectivity index (χ2v) is 6.75. The lowest BCUT2D eigenvalue weighted by Gasteiger charge is -2.04. The van der Waals surface area contributed by atoms with Crippen LogP contribution in [-0.2, 0) is 6.54 Å². The van der Waals surface area contributed by atoms with E-state index in [1.54, 1.807) is 33.6 Å². The van der Waals surface area contributed by atoms with E-state index in [4.69, 9.17) is 5.26 Å². The third-order valence-corrected chi connectivity index (χ3v) is 4.75. The Labute approximate surface area is 167 Å². The molecule has 0 N–H and O–H groups in total. The van der Waals surface area contributed by atoms with Crippen molar-refractivity contribution in [3.63, 3.8) is 0 Å². The standard InChI is InChI=1S/C18H11FIN7/c19-14-5-7-15(8-6-14)26-11-16(17(20)23-26)18-22-24-25-27(18)10-13-3-1-12(9-21)2-4-13/h1-8,11H,10H2. The molecule has 2 aromatic heterocycles. The summed E-state index contributed by atoms with van der Waals surface area (Å²) in [5.74, 6) is 0.282. The van der Waals surface area contributed by atoms with Gasteiger partial charge >= 0.3 is 0 Å². The fourth-order valence-electron chi connectivity index (χ4n) is 2.59. The van der Waals surface area contributed by atoms with Gasteiger partial charge in [-0.25, -0.2) is 13.8 Å². The van der Waals surface area contributed by atoms with Gasteiger partial charge in [0.15, 0.2) is 5.82 Å². The molecule has 4 aromatic rings. The molecule has 0 radical (unpaired) electrons. The van der Waals surface area contributed by atoms with Crippen molar-refractivity contribution in [2.45, 2.75) is 6.54 Å². The first-order chi connectivity index (χ1) is 13.1. The van der Waals surface area contributed by atoms with Crippen LogP contribution >= 0.6 is 22.6 Å². The van der Waals surface area contributed by atoms with E-state index in [2.05, 4.69) is 49.3 Å². The molecule has 0 aliphatic heterocycles. The molecule has 0 bridgehead atoms. The predicted molar refractivity (Wildman–Crippen MR) is 103 cm³/mol. The second kappa shape index (κ2) is 7.24. The van der Waals surface area contributed by atoms with E-state index in [-0.39, 0.29) is 5.82 Å². The first-order valence-corrected chi connectivity index (χ1v) is 8.98. The monoisotopic (exact) mass is 471 g/mol. The van der Waals surface area contributed by atoms with Gasteiger partial charge in [0, 0.05) is 6.20 Å². The van der Waals surface area contributed by atoms with Crippen LogP contribution in [0.5, 0.6) is 0 Å². The van der Waals surface area contributed by atoms with Crippen LogP contribution in [0, 0.1) is 20.8 Å². The molecular formula is C18H11FIN7. The number of nitriles is 1. The average Bonchev–Trinajstić information content (AvgIpc) is 3.29. The van der Waals surface area contributed by atoms with Gasteiger partial charge in [0.25, 0.3) is 0 Å². The zero-order valence-corrected chi connectivity index (χ0v) is 15.9. The summed E-state index contributed by atoms with van der Waals surface area (Å²) in [5.41, 5.74) is 3.10. The molecule has 2 heterocycles. The zero-order chi connectivity index (χ0) is 18.8. The topological polar surface area (TPSA) is 85.2 Å². The minimum absolute atomic E-state index is 0.299. The Hall–Kier alpha value is -3.13. The third kappa shape index (κ3) is 3.56. The van der Waals surface area contributed by atoms with Gasteiger partial charge in [0.2, 0.25) is 0 Å². The molecule has 0 aliphatic carbocycles. The SMILES string of the molecule is N#Cc1ccc(Cn2nnnc2-c2cn(-c3ccc(F)cc3)nc2I)cc1. The van der Waals surface area contributed by atoms with Crippen molar-refractivity contribution in [3.05, 3.63) is 75.4 Å². The number of rotatable bonds is 4. The molecule has 0 saturated heterocycles. The van der Waals surface area contributed by atoms with Gasteiger partial charge in [-0.3, -0.25) is 0 Å². The predicted octanol–water partition coefficient (Wildman–Crippen LogP) is 3.19. The fourth-order valence-corrected chi connectivity index (χ4v) is 3.20. The molecule has 4 rings (SSSR count). The Morgan fingerprint density at radius 3 is 2.52 bits per heavy atom. The molecular weight excluding hydrogens is 460 g/mol. The first kappa shape index (κ1) is 17.3. The maximum absolute atomic E-state index is 13.1. The van der Waals surface area contributed by atoms with E-state index >= 15 is 0 Å². The molecule has 0 unspecified atom stereocenters. The summed E-state index contributed by atoms with van der Waals surface area (Å²) >= 11 is 2.12. The van der Waals surface area contributed by atoms with E-state index in [0.717, 1.165) is 20.5 Å². The first-order valence-electron chi connectivity index (χ1n) is 7.91. The van der Waals surface area contributed by atoms with Gasteiger partial charge in [-0.2, -0.15) is 10.4 Å². The Kier molecular flexibility index (Phi) is 4.64. The number of tetrazole rings is 1. The lowest BCUT2D eigenvalue weighted by atomic mass is 10.1. The van der Waals surface area contributed by atoms with Crippen molar-refractivity contribution in [1.29, 1.82) is 5.26 Å². The molecule has 0 saturated carbocycles. The van der Waals surface area contributed by atoms with Gasteiger partial charge in [0.05, 0.1) is 29.4 Å². The van der Waals surface area contributed by atoms with E-state index in [9.17, 15) is 4.39 Å². The summed E-state index contributed by atoms with van der Waals surface area (Å²) in [6.07, 6.45) is 1.82. The van der Waals surface area contributed by atoms with Gasteiger partial charge in [0.1, 0.15) is 9.52 Å². The molecule has 0 atom stereocenters. The zero-order valence-electron chi connectivity index (χ0n) is 13.8. The Morgan fingerprint density at radius 1 is 1.07 bits per heavy atom. The lowest BCUT2D eigenvalue weighted by Crippen LogP contribution is -2.04. The smallest absolute Gasteiger partial charge is 0.186 e. The summed E-state index contributed by atoms with van der Waals surface area (Å²) in [6, 6.07) is 15.4. The largest absolute Gasteiger partial charge is 0.239 e. The van der Waals surface area contributed by atoms with Gasteiger partial charge in [-0.15, -0.1) is 5.10 Å². The van der Waals surface area contributed by atoms with E-state index in [1.807, 2.05) is 18.3 Å². The van der Waals surface area contributed by atoms with Crippen molar-refractivity contribution in [2.75, 3.05) is 0 Å². The summed E-state index contributed by atoms with van der Waals surface area (Å²) in [4.78, 5) is 0. The van der Waals surface area contributed by atoms with Gasteiger partial charge in [-0.1, -0.05) is 12.1 Å². The number of hydrogen-bond acceptors (Lipinski definition) is 5. The minimum atomic E-state index is -0.299. The molecule has 7 nitrogen and oxygen atoms in total. The highest BCUT2D eigenvalue weighted by atomic mass is 127. The summed E-state index contributed by atoms with van der Waals surface area (Å²) in [7, 11) is 0. The van der Waals surface area contributed by atoms with Crippen molar-refractivity contribution in [2.24, 2.45) is 0 Å². The highest BCUT2D eigenvalue weighted by Crippen LogP contribution is 2.24. The van der Waals surface area contributed by atoms with E-state index in [0.29, 0.717) is 17.9 Å². The maximum Gasteiger partial charge on any atom is 0.186 e. The quantitative estimate of drug-likeness (QED) is 0.427. The van der Waals surface area contributed by atoms with Crippen LogP contribution in [0.15, 0.2) is 54.7 Å². The second-order valence-electron chi connectivity index (χ2n) is 5.72.